The lowest BCUT2D eigenvalue weighted by Crippen LogP contribution is -2.48. The molecule has 1 saturated heterocycles. The minimum absolute atomic E-state index is 0.0272. The first kappa shape index (κ1) is 20.3. The van der Waals surface area contributed by atoms with Crippen molar-refractivity contribution in [2.75, 3.05) is 26.8 Å². The maximum absolute atomic E-state index is 13.1. The molecule has 7 heteroatoms. The summed E-state index contributed by atoms with van der Waals surface area (Å²) < 4.78 is 47.7. The predicted molar refractivity (Wildman–Crippen MR) is 96.9 cm³/mol. The summed E-state index contributed by atoms with van der Waals surface area (Å²) in [5.41, 5.74) is 0.793. The van der Waals surface area contributed by atoms with Crippen LogP contribution in [0.25, 0.3) is 0 Å². The molecule has 0 spiro atoms. The average Bonchev–Trinajstić information content (AvgIpc) is 2.62. The van der Waals surface area contributed by atoms with Crippen LogP contribution in [0, 0.1) is 5.82 Å². The Morgan fingerprint density at radius 2 is 1.80 bits per heavy atom. The minimum atomic E-state index is -3.57. The molecule has 0 aromatic heterocycles. The van der Waals surface area contributed by atoms with Crippen molar-refractivity contribution in [2.45, 2.75) is 51.6 Å². The van der Waals surface area contributed by atoms with E-state index in [9.17, 15) is 12.8 Å². The molecule has 1 aliphatic heterocycles. The standard InChI is InChI=1S/C18H29FN2O3S/c1-3-4-5-12-21(15-16-6-8-17(19)9-7-16)25(22,23)20(2)18-10-13-24-14-11-18/h6-9,18H,3-5,10-15H2,1-2H3. The van der Waals surface area contributed by atoms with E-state index in [1.54, 1.807) is 19.2 Å². The number of ether oxygens (including phenoxy) is 1. The Kier molecular flexibility index (Phi) is 7.81. The summed E-state index contributed by atoms with van der Waals surface area (Å²) in [5, 5.41) is 0. The predicted octanol–water partition coefficient (Wildman–Crippen LogP) is 3.17. The zero-order valence-electron chi connectivity index (χ0n) is 15.2. The van der Waals surface area contributed by atoms with E-state index in [1.165, 1.54) is 20.7 Å². The molecule has 0 bridgehead atoms. The minimum Gasteiger partial charge on any atom is -0.381 e. The largest absolute Gasteiger partial charge is 0.381 e. The fourth-order valence-electron chi connectivity index (χ4n) is 3.03. The molecule has 2 rings (SSSR count). The van der Waals surface area contributed by atoms with Gasteiger partial charge in [0, 0.05) is 39.4 Å². The summed E-state index contributed by atoms with van der Waals surface area (Å²) in [6, 6.07) is 6.00. The highest BCUT2D eigenvalue weighted by molar-refractivity contribution is 7.86. The fraction of sp³-hybridized carbons (Fsp3) is 0.667. The van der Waals surface area contributed by atoms with Crippen molar-refractivity contribution in [2.24, 2.45) is 0 Å². The Balaban J connectivity index is 2.14. The van der Waals surface area contributed by atoms with E-state index >= 15 is 0 Å². The number of hydrogen-bond acceptors (Lipinski definition) is 3. The second-order valence-corrected chi connectivity index (χ2v) is 8.52. The quantitative estimate of drug-likeness (QED) is 0.626. The third-order valence-corrected chi connectivity index (χ3v) is 6.67. The zero-order valence-corrected chi connectivity index (χ0v) is 16.0. The van der Waals surface area contributed by atoms with Gasteiger partial charge in [0.1, 0.15) is 5.82 Å². The Bertz CT molecular complexity index is 616. The van der Waals surface area contributed by atoms with Crippen molar-refractivity contribution in [3.8, 4) is 0 Å². The van der Waals surface area contributed by atoms with Crippen LogP contribution in [0.2, 0.25) is 0 Å². The monoisotopic (exact) mass is 372 g/mol. The first-order valence-electron chi connectivity index (χ1n) is 9.00. The molecule has 142 valence electrons. The lowest BCUT2D eigenvalue weighted by Gasteiger charge is -2.34. The van der Waals surface area contributed by atoms with Gasteiger partial charge in [-0.05, 0) is 37.0 Å². The van der Waals surface area contributed by atoms with Crippen molar-refractivity contribution in [3.63, 3.8) is 0 Å². The molecule has 0 unspecified atom stereocenters. The van der Waals surface area contributed by atoms with Gasteiger partial charge in [0.2, 0.25) is 0 Å². The second-order valence-electron chi connectivity index (χ2n) is 6.53. The molecule has 1 aromatic carbocycles. The van der Waals surface area contributed by atoms with Crippen LogP contribution in [0.1, 0.15) is 44.6 Å². The molecule has 25 heavy (non-hydrogen) atoms. The van der Waals surface area contributed by atoms with Gasteiger partial charge in [-0.25, -0.2) is 4.39 Å². The molecule has 1 heterocycles. The molecule has 0 N–H and O–H groups in total. The summed E-state index contributed by atoms with van der Waals surface area (Å²) in [7, 11) is -1.92. The molecule has 1 aliphatic rings. The molecule has 0 aliphatic carbocycles. The molecule has 5 nitrogen and oxygen atoms in total. The number of unbranched alkanes of at least 4 members (excludes halogenated alkanes) is 2. The third kappa shape index (κ3) is 5.74. The highest BCUT2D eigenvalue weighted by Crippen LogP contribution is 2.21. The van der Waals surface area contributed by atoms with Gasteiger partial charge in [0.15, 0.2) is 0 Å². The van der Waals surface area contributed by atoms with Gasteiger partial charge in [0.05, 0.1) is 0 Å². The average molecular weight is 373 g/mol. The Labute approximate surface area is 150 Å². The van der Waals surface area contributed by atoms with Crippen LogP contribution in [0.5, 0.6) is 0 Å². The fourth-order valence-corrected chi connectivity index (χ4v) is 4.65. The summed E-state index contributed by atoms with van der Waals surface area (Å²) >= 11 is 0. The molecule has 0 atom stereocenters. The van der Waals surface area contributed by atoms with E-state index in [0.717, 1.165) is 37.7 Å². The van der Waals surface area contributed by atoms with Crippen molar-refractivity contribution in [1.29, 1.82) is 0 Å². The van der Waals surface area contributed by atoms with Crippen LogP contribution in [-0.4, -0.2) is 49.9 Å². The SMILES string of the molecule is CCCCCN(Cc1ccc(F)cc1)S(=O)(=O)N(C)C1CCOCC1. The first-order chi connectivity index (χ1) is 11.9. The van der Waals surface area contributed by atoms with Crippen LogP contribution < -0.4 is 0 Å². The molecule has 0 radical (unpaired) electrons. The van der Waals surface area contributed by atoms with E-state index in [4.69, 9.17) is 4.74 Å². The van der Waals surface area contributed by atoms with E-state index < -0.39 is 10.2 Å². The third-order valence-electron chi connectivity index (χ3n) is 4.68. The Morgan fingerprint density at radius 3 is 2.40 bits per heavy atom. The van der Waals surface area contributed by atoms with Gasteiger partial charge < -0.3 is 4.74 Å². The van der Waals surface area contributed by atoms with Crippen LogP contribution in [0.3, 0.4) is 0 Å². The van der Waals surface area contributed by atoms with Gasteiger partial charge >= 0.3 is 0 Å². The van der Waals surface area contributed by atoms with Crippen LogP contribution in [-0.2, 0) is 21.5 Å². The smallest absolute Gasteiger partial charge is 0.282 e. The Hall–Kier alpha value is -1.02. The van der Waals surface area contributed by atoms with Crippen LogP contribution >= 0.6 is 0 Å². The topological polar surface area (TPSA) is 49.9 Å². The maximum atomic E-state index is 13.1. The molecule has 1 aromatic rings. The second kappa shape index (κ2) is 9.62. The number of halogens is 1. The number of hydrogen-bond donors (Lipinski definition) is 0. The van der Waals surface area contributed by atoms with Crippen LogP contribution in [0.4, 0.5) is 4.39 Å². The number of benzene rings is 1. The first-order valence-corrected chi connectivity index (χ1v) is 10.4. The Morgan fingerprint density at radius 1 is 1.16 bits per heavy atom. The lowest BCUT2D eigenvalue weighted by molar-refractivity contribution is 0.0617. The molecular weight excluding hydrogens is 343 g/mol. The van der Waals surface area contributed by atoms with Crippen LogP contribution in [0.15, 0.2) is 24.3 Å². The van der Waals surface area contributed by atoms with Crippen molar-refractivity contribution < 1.29 is 17.5 Å². The maximum Gasteiger partial charge on any atom is 0.282 e. The van der Waals surface area contributed by atoms with E-state index in [0.29, 0.717) is 19.8 Å². The van der Waals surface area contributed by atoms with Crippen molar-refractivity contribution in [1.82, 2.24) is 8.61 Å². The summed E-state index contributed by atoms with van der Waals surface area (Å²) in [6.45, 7) is 4.02. The van der Waals surface area contributed by atoms with E-state index in [-0.39, 0.29) is 18.4 Å². The highest BCUT2D eigenvalue weighted by Gasteiger charge is 2.32. The highest BCUT2D eigenvalue weighted by atomic mass is 32.2. The van der Waals surface area contributed by atoms with Gasteiger partial charge in [-0.15, -0.1) is 0 Å². The molecule has 0 amide bonds. The number of nitrogens with zero attached hydrogens (tertiary/aromatic N) is 2. The summed E-state index contributed by atoms with van der Waals surface area (Å²) in [6.07, 6.45) is 4.26. The molecule has 0 saturated carbocycles. The molecule has 1 fully saturated rings. The summed E-state index contributed by atoms with van der Waals surface area (Å²) in [5.74, 6) is -0.316. The van der Waals surface area contributed by atoms with Gasteiger partial charge in [-0.3, -0.25) is 0 Å². The molecular formula is C18H29FN2O3S. The van der Waals surface area contributed by atoms with Gasteiger partial charge in [0.25, 0.3) is 10.2 Å². The lowest BCUT2D eigenvalue weighted by atomic mass is 10.1. The van der Waals surface area contributed by atoms with Crippen molar-refractivity contribution >= 4 is 10.2 Å². The van der Waals surface area contributed by atoms with E-state index in [2.05, 4.69) is 6.92 Å². The van der Waals surface area contributed by atoms with Gasteiger partial charge in [-0.2, -0.15) is 17.0 Å². The zero-order chi connectivity index (χ0) is 18.3. The van der Waals surface area contributed by atoms with Crippen molar-refractivity contribution in [3.05, 3.63) is 35.6 Å². The number of rotatable bonds is 9. The van der Waals surface area contributed by atoms with E-state index in [1.807, 2.05) is 0 Å². The van der Waals surface area contributed by atoms with Gasteiger partial charge in [-0.1, -0.05) is 31.9 Å². The normalized spacial score (nSPS) is 16.7. The summed E-state index contributed by atoms with van der Waals surface area (Å²) in [4.78, 5) is 0.